The number of amides is 2. The minimum atomic E-state index is -4.71. The van der Waals surface area contributed by atoms with Crippen LogP contribution >= 0.6 is 0 Å². The molecular weight excluding hydrogens is 385 g/mol. The van der Waals surface area contributed by atoms with E-state index in [0.717, 1.165) is 25.1 Å². The Labute approximate surface area is 152 Å². The fourth-order valence-electron chi connectivity index (χ4n) is 2.77. The van der Waals surface area contributed by atoms with Gasteiger partial charge in [-0.1, -0.05) is 24.3 Å². The molecule has 1 aliphatic rings. The van der Waals surface area contributed by atoms with E-state index in [9.17, 15) is 31.2 Å². The number of hydrogen-bond acceptors (Lipinski definition) is 4. The van der Waals surface area contributed by atoms with Crippen molar-refractivity contribution in [1.82, 2.24) is 4.31 Å². The zero-order chi connectivity index (χ0) is 20.0. The molecule has 1 N–H and O–H groups in total. The molecule has 0 saturated carbocycles. The molecule has 27 heavy (non-hydrogen) atoms. The van der Waals surface area contributed by atoms with E-state index >= 15 is 0 Å². The average Bonchev–Trinajstić information content (AvgIpc) is 2.80. The molecule has 0 bridgehead atoms. The fourth-order valence-corrected chi connectivity index (χ4v) is 4.49. The van der Waals surface area contributed by atoms with Gasteiger partial charge in [0.25, 0.3) is 15.9 Å². The monoisotopic (exact) mass is 398 g/mol. The lowest BCUT2D eigenvalue weighted by Gasteiger charge is -2.23. The topological polar surface area (TPSA) is 83.6 Å². The van der Waals surface area contributed by atoms with Gasteiger partial charge in [-0.3, -0.25) is 9.59 Å². The molecule has 0 saturated heterocycles. The highest BCUT2D eigenvalue weighted by Crippen LogP contribution is 2.35. The molecule has 0 fully saturated rings. The van der Waals surface area contributed by atoms with Crippen molar-refractivity contribution in [3.8, 4) is 0 Å². The van der Waals surface area contributed by atoms with Crippen LogP contribution in [0.15, 0.2) is 53.4 Å². The molecule has 0 radical (unpaired) electrons. The quantitative estimate of drug-likeness (QED) is 0.862. The van der Waals surface area contributed by atoms with Gasteiger partial charge in [-0.15, -0.1) is 0 Å². The number of benzene rings is 2. The summed E-state index contributed by atoms with van der Waals surface area (Å²) in [7, 11) is -4.27. The van der Waals surface area contributed by atoms with Crippen LogP contribution in [0.1, 0.15) is 22.8 Å². The molecule has 2 amide bonds. The van der Waals surface area contributed by atoms with Gasteiger partial charge in [0.15, 0.2) is 0 Å². The summed E-state index contributed by atoms with van der Waals surface area (Å²) in [5, 5.41) is 2.06. The highest BCUT2D eigenvalue weighted by Gasteiger charge is 2.46. The van der Waals surface area contributed by atoms with E-state index in [-0.39, 0.29) is 10.5 Å². The molecule has 10 heteroatoms. The molecule has 3 rings (SSSR count). The van der Waals surface area contributed by atoms with Crippen LogP contribution < -0.4 is 5.32 Å². The van der Waals surface area contributed by atoms with Gasteiger partial charge in [0.2, 0.25) is 5.91 Å². The number of fused-ring (bicyclic) bond motifs is 1. The van der Waals surface area contributed by atoms with Gasteiger partial charge in [0, 0.05) is 0 Å². The minimum Gasteiger partial charge on any atom is -0.324 e. The number of sulfonamides is 1. The first-order valence-electron chi connectivity index (χ1n) is 7.70. The Bertz CT molecular complexity index is 1030. The molecule has 2 aromatic carbocycles. The first-order chi connectivity index (χ1) is 12.5. The van der Waals surface area contributed by atoms with Gasteiger partial charge >= 0.3 is 6.18 Å². The van der Waals surface area contributed by atoms with Crippen molar-refractivity contribution in [3.05, 3.63) is 59.7 Å². The number of carbonyl (C=O) groups is 2. The Morgan fingerprint density at radius 3 is 2.30 bits per heavy atom. The molecule has 1 aliphatic heterocycles. The van der Waals surface area contributed by atoms with Crippen LogP contribution in [0, 0.1) is 0 Å². The van der Waals surface area contributed by atoms with E-state index in [1.165, 1.54) is 30.3 Å². The number of alkyl halides is 3. The zero-order valence-electron chi connectivity index (χ0n) is 13.8. The van der Waals surface area contributed by atoms with Crippen molar-refractivity contribution in [3.63, 3.8) is 0 Å². The maximum absolute atomic E-state index is 13.1. The molecule has 6 nitrogen and oxygen atoms in total. The summed E-state index contributed by atoms with van der Waals surface area (Å²) < 4.78 is 64.7. The van der Waals surface area contributed by atoms with Gasteiger partial charge < -0.3 is 5.32 Å². The Balaban J connectivity index is 1.91. The molecule has 2 aromatic rings. The van der Waals surface area contributed by atoms with Crippen molar-refractivity contribution >= 4 is 27.5 Å². The van der Waals surface area contributed by atoms with Gasteiger partial charge in [-0.05, 0) is 31.2 Å². The Morgan fingerprint density at radius 2 is 1.67 bits per heavy atom. The third-order valence-corrected chi connectivity index (χ3v) is 5.99. The van der Waals surface area contributed by atoms with Crippen molar-refractivity contribution < 1.29 is 31.2 Å². The maximum atomic E-state index is 13.1. The molecule has 0 spiro atoms. The number of carbonyl (C=O) groups excluding carboxylic acids is 2. The van der Waals surface area contributed by atoms with Crippen LogP contribution in [-0.2, 0) is 21.0 Å². The molecule has 0 aromatic heterocycles. The van der Waals surface area contributed by atoms with Crippen LogP contribution in [0.5, 0.6) is 0 Å². The van der Waals surface area contributed by atoms with Crippen molar-refractivity contribution in [2.45, 2.75) is 24.0 Å². The highest BCUT2D eigenvalue weighted by atomic mass is 32.2. The lowest BCUT2D eigenvalue weighted by Crippen LogP contribution is -2.45. The van der Waals surface area contributed by atoms with E-state index < -0.39 is 45.3 Å². The third kappa shape index (κ3) is 3.16. The molecule has 1 heterocycles. The van der Waals surface area contributed by atoms with Crippen LogP contribution in [0.4, 0.5) is 18.9 Å². The van der Waals surface area contributed by atoms with E-state index in [2.05, 4.69) is 5.32 Å². The number of anilines is 1. The summed E-state index contributed by atoms with van der Waals surface area (Å²) in [6.07, 6.45) is -4.71. The first kappa shape index (κ1) is 18.9. The standard InChI is InChI=1S/C17H13F3N2O4S/c1-10(15(23)21-13-8-4-3-7-12(13)17(18,19)20)22-16(24)11-6-2-5-9-14(11)27(22,25)26/h2-10H,1H3,(H,21,23). The van der Waals surface area contributed by atoms with E-state index in [1.54, 1.807) is 0 Å². The van der Waals surface area contributed by atoms with Crippen LogP contribution in [0.2, 0.25) is 0 Å². The SMILES string of the molecule is CC(C(=O)Nc1ccccc1C(F)(F)F)N1C(=O)c2ccccc2S1(=O)=O. The largest absolute Gasteiger partial charge is 0.418 e. The molecule has 0 aliphatic carbocycles. The van der Waals surface area contributed by atoms with Gasteiger partial charge in [0.05, 0.1) is 16.8 Å². The van der Waals surface area contributed by atoms with Crippen LogP contribution in [-0.4, -0.2) is 30.6 Å². The predicted octanol–water partition coefficient (Wildman–Crippen LogP) is 2.88. The summed E-state index contributed by atoms with van der Waals surface area (Å²) in [6.45, 7) is 1.13. The lowest BCUT2D eigenvalue weighted by atomic mass is 10.1. The Morgan fingerprint density at radius 1 is 1.07 bits per heavy atom. The zero-order valence-corrected chi connectivity index (χ0v) is 14.6. The number of rotatable bonds is 3. The van der Waals surface area contributed by atoms with Gasteiger partial charge in [0.1, 0.15) is 10.9 Å². The summed E-state index contributed by atoms with van der Waals surface area (Å²) in [4.78, 5) is 24.6. The van der Waals surface area contributed by atoms with Crippen LogP contribution in [0.25, 0.3) is 0 Å². The van der Waals surface area contributed by atoms with Gasteiger partial charge in [-0.25, -0.2) is 12.7 Å². The summed E-state index contributed by atoms with van der Waals surface area (Å²) in [5.41, 5.74) is -1.69. The number of halogens is 3. The van der Waals surface area contributed by atoms with E-state index in [1.807, 2.05) is 0 Å². The second-order valence-corrected chi connectivity index (χ2v) is 7.59. The van der Waals surface area contributed by atoms with Crippen LogP contribution in [0.3, 0.4) is 0 Å². The molecule has 1 unspecified atom stereocenters. The number of nitrogens with one attached hydrogen (secondary N) is 1. The molecule has 1 atom stereocenters. The molecule has 142 valence electrons. The van der Waals surface area contributed by atoms with Crippen molar-refractivity contribution in [2.24, 2.45) is 0 Å². The second-order valence-electron chi connectivity index (χ2n) is 5.81. The summed E-state index contributed by atoms with van der Waals surface area (Å²) in [6, 6.07) is 8.17. The van der Waals surface area contributed by atoms with E-state index in [0.29, 0.717) is 4.31 Å². The fraction of sp³-hybridized carbons (Fsp3) is 0.176. The van der Waals surface area contributed by atoms with E-state index in [4.69, 9.17) is 0 Å². The third-order valence-electron chi connectivity index (χ3n) is 4.08. The first-order valence-corrected chi connectivity index (χ1v) is 9.14. The Hall–Kier alpha value is -2.88. The summed E-state index contributed by atoms with van der Waals surface area (Å²) >= 11 is 0. The predicted molar refractivity (Wildman–Crippen MR) is 89.3 cm³/mol. The minimum absolute atomic E-state index is 0.0900. The van der Waals surface area contributed by atoms with Crippen molar-refractivity contribution in [1.29, 1.82) is 0 Å². The number of nitrogens with zero attached hydrogens (tertiary/aromatic N) is 1. The number of para-hydroxylation sites is 1. The highest BCUT2D eigenvalue weighted by molar-refractivity contribution is 7.90. The normalized spacial score (nSPS) is 16.7. The lowest BCUT2D eigenvalue weighted by molar-refractivity contribution is -0.137. The van der Waals surface area contributed by atoms with Crippen molar-refractivity contribution in [2.75, 3.05) is 5.32 Å². The van der Waals surface area contributed by atoms with Gasteiger partial charge in [-0.2, -0.15) is 13.2 Å². The maximum Gasteiger partial charge on any atom is 0.418 e. The summed E-state index contributed by atoms with van der Waals surface area (Å²) in [5.74, 6) is -1.96. The average molecular weight is 398 g/mol. The smallest absolute Gasteiger partial charge is 0.324 e. The molecular formula is C17H13F3N2O4S. The number of hydrogen-bond donors (Lipinski definition) is 1. The second kappa shape index (κ2) is 6.38. The Kier molecular flexibility index (Phi) is 4.46.